The van der Waals surface area contributed by atoms with Gasteiger partial charge in [-0.25, -0.2) is 0 Å². The van der Waals surface area contributed by atoms with E-state index in [0.29, 0.717) is 5.75 Å². The van der Waals surface area contributed by atoms with Crippen LogP contribution in [-0.4, -0.2) is 26.6 Å². The zero-order valence-corrected chi connectivity index (χ0v) is 10.3. The maximum Gasteiger partial charge on any atom is 0.522 e. The molecule has 0 radical (unpaired) electrons. The van der Waals surface area contributed by atoms with Crippen molar-refractivity contribution in [3.05, 3.63) is 29.8 Å². The van der Waals surface area contributed by atoms with E-state index >= 15 is 0 Å². The van der Waals surface area contributed by atoms with E-state index in [0.717, 1.165) is 5.56 Å². The van der Waals surface area contributed by atoms with Gasteiger partial charge in [-0.2, -0.15) is 0 Å². The van der Waals surface area contributed by atoms with Gasteiger partial charge in [-0.1, -0.05) is 12.1 Å². The molecule has 102 valence electrons. The minimum atomic E-state index is -4.57. The van der Waals surface area contributed by atoms with Crippen molar-refractivity contribution in [1.29, 1.82) is 0 Å². The first-order valence-electron chi connectivity index (χ1n) is 5.50. The number of nitrogens with one attached hydrogen (secondary N) is 1. The first-order chi connectivity index (χ1) is 8.42. The molecule has 3 nitrogen and oxygen atoms in total. The Morgan fingerprint density at radius 1 is 1.33 bits per heavy atom. The summed E-state index contributed by atoms with van der Waals surface area (Å²) in [5.74, 6) is 0.715. The summed E-state index contributed by atoms with van der Waals surface area (Å²) in [4.78, 5) is 0. The molecule has 0 saturated carbocycles. The van der Waals surface area contributed by atoms with Crippen molar-refractivity contribution in [3.8, 4) is 5.75 Å². The Morgan fingerprint density at radius 2 is 2.06 bits per heavy atom. The lowest BCUT2D eigenvalue weighted by molar-refractivity contribution is -0.323. The Hall–Kier alpha value is -1.27. The van der Waals surface area contributed by atoms with Gasteiger partial charge in [-0.15, -0.1) is 13.2 Å². The molecule has 0 bridgehead atoms. The van der Waals surface area contributed by atoms with Crippen LogP contribution in [-0.2, 0) is 4.74 Å². The highest BCUT2D eigenvalue weighted by atomic mass is 19.4. The van der Waals surface area contributed by atoms with Gasteiger partial charge in [0.1, 0.15) is 5.75 Å². The molecule has 1 aromatic rings. The van der Waals surface area contributed by atoms with Crippen molar-refractivity contribution < 1.29 is 22.6 Å². The highest BCUT2D eigenvalue weighted by Crippen LogP contribution is 2.19. The van der Waals surface area contributed by atoms with Gasteiger partial charge in [0.2, 0.25) is 0 Å². The van der Waals surface area contributed by atoms with Gasteiger partial charge in [0.15, 0.2) is 0 Å². The van der Waals surface area contributed by atoms with Crippen molar-refractivity contribution in [2.75, 3.05) is 20.3 Å². The largest absolute Gasteiger partial charge is 0.522 e. The van der Waals surface area contributed by atoms with Gasteiger partial charge < -0.3 is 10.1 Å². The minimum Gasteiger partial charge on any atom is -0.497 e. The molecule has 0 heterocycles. The Labute approximate surface area is 104 Å². The van der Waals surface area contributed by atoms with E-state index in [2.05, 4.69) is 10.1 Å². The summed E-state index contributed by atoms with van der Waals surface area (Å²) in [6.07, 6.45) is -4.57. The van der Waals surface area contributed by atoms with Crippen molar-refractivity contribution in [2.45, 2.75) is 19.3 Å². The van der Waals surface area contributed by atoms with Gasteiger partial charge in [0.25, 0.3) is 0 Å². The molecule has 0 fully saturated rings. The smallest absolute Gasteiger partial charge is 0.497 e. The van der Waals surface area contributed by atoms with Crippen molar-refractivity contribution >= 4 is 0 Å². The quantitative estimate of drug-likeness (QED) is 0.800. The van der Waals surface area contributed by atoms with Gasteiger partial charge in [0.05, 0.1) is 13.7 Å². The number of hydrogen-bond donors (Lipinski definition) is 1. The number of benzene rings is 1. The summed E-state index contributed by atoms with van der Waals surface area (Å²) in [5.41, 5.74) is 0.946. The van der Waals surface area contributed by atoms with Crippen LogP contribution in [0.1, 0.15) is 18.5 Å². The van der Waals surface area contributed by atoms with Gasteiger partial charge in [0, 0.05) is 12.6 Å². The van der Waals surface area contributed by atoms with E-state index in [1.807, 2.05) is 31.2 Å². The SMILES string of the molecule is COc1cccc([C@@H](C)NCCOC(F)(F)F)c1. The van der Waals surface area contributed by atoms with Crippen molar-refractivity contribution in [3.63, 3.8) is 0 Å². The molecule has 6 heteroatoms. The Balaban J connectivity index is 2.38. The zero-order chi connectivity index (χ0) is 13.6. The lowest BCUT2D eigenvalue weighted by Crippen LogP contribution is -2.26. The number of hydrogen-bond acceptors (Lipinski definition) is 3. The van der Waals surface area contributed by atoms with Crippen LogP contribution < -0.4 is 10.1 Å². The maximum absolute atomic E-state index is 11.7. The van der Waals surface area contributed by atoms with E-state index < -0.39 is 13.0 Å². The molecule has 1 atom stereocenters. The molecule has 0 spiro atoms. The van der Waals surface area contributed by atoms with Crippen LogP contribution in [0, 0.1) is 0 Å². The Kier molecular flexibility index (Phi) is 5.43. The third-order valence-electron chi connectivity index (χ3n) is 2.41. The first-order valence-corrected chi connectivity index (χ1v) is 5.50. The minimum absolute atomic E-state index is 0.0723. The Bertz CT molecular complexity index is 369. The van der Waals surface area contributed by atoms with Crippen molar-refractivity contribution in [2.24, 2.45) is 0 Å². The predicted octanol–water partition coefficient (Wildman–Crippen LogP) is 2.88. The molecule has 18 heavy (non-hydrogen) atoms. The molecule has 1 aromatic carbocycles. The van der Waals surface area contributed by atoms with Crippen LogP contribution in [0.15, 0.2) is 24.3 Å². The second-order valence-electron chi connectivity index (χ2n) is 3.75. The van der Waals surface area contributed by atoms with E-state index in [1.165, 1.54) is 0 Å². The van der Waals surface area contributed by atoms with Crippen LogP contribution in [0.3, 0.4) is 0 Å². The maximum atomic E-state index is 11.7. The van der Waals surface area contributed by atoms with E-state index in [4.69, 9.17) is 4.74 Å². The number of halogens is 3. The lowest BCUT2D eigenvalue weighted by atomic mass is 10.1. The monoisotopic (exact) mass is 263 g/mol. The van der Waals surface area contributed by atoms with Crippen LogP contribution in [0.25, 0.3) is 0 Å². The van der Waals surface area contributed by atoms with Crippen LogP contribution in [0.5, 0.6) is 5.75 Å². The second-order valence-corrected chi connectivity index (χ2v) is 3.75. The van der Waals surface area contributed by atoms with E-state index in [-0.39, 0.29) is 12.6 Å². The summed E-state index contributed by atoms with van der Waals surface area (Å²) in [5, 5.41) is 2.94. The fourth-order valence-corrected chi connectivity index (χ4v) is 1.47. The summed E-state index contributed by atoms with van der Waals surface area (Å²) < 4.78 is 44.0. The standard InChI is InChI=1S/C12H16F3NO2/c1-9(16-6-7-18-12(13,14)15)10-4-3-5-11(8-10)17-2/h3-5,8-9,16H,6-7H2,1-2H3/t9-/m1/s1. The second kappa shape index (κ2) is 6.61. The fourth-order valence-electron chi connectivity index (χ4n) is 1.47. The normalized spacial score (nSPS) is 13.4. The Morgan fingerprint density at radius 3 is 2.67 bits per heavy atom. The molecular formula is C12H16F3NO2. The van der Waals surface area contributed by atoms with Gasteiger partial charge in [-0.05, 0) is 24.6 Å². The number of rotatable bonds is 6. The number of methoxy groups -OCH3 is 1. The third-order valence-corrected chi connectivity index (χ3v) is 2.41. The molecule has 0 aliphatic carbocycles. The third kappa shape index (κ3) is 5.37. The van der Waals surface area contributed by atoms with E-state index in [9.17, 15) is 13.2 Å². The summed E-state index contributed by atoms with van der Waals surface area (Å²) in [6.45, 7) is 1.58. The van der Waals surface area contributed by atoms with Crippen molar-refractivity contribution in [1.82, 2.24) is 5.32 Å². The lowest BCUT2D eigenvalue weighted by Gasteiger charge is -2.15. The van der Waals surface area contributed by atoms with Crippen LogP contribution >= 0.6 is 0 Å². The molecular weight excluding hydrogens is 247 g/mol. The van der Waals surface area contributed by atoms with Crippen LogP contribution in [0.2, 0.25) is 0 Å². The molecule has 0 aromatic heterocycles. The average molecular weight is 263 g/mol. The molecule has 1 rings (SSSR count). The topological polar surface area (TPSA) is 30.5 Å². The highest BCUT2D eigenvalue weighted by molar-refractivity contribution is 5.30. The summed E-state index contributed by atoms with van der Waals surface area (Å²) in [6, 6.07) is 7.28. The molecule has 0 amide bonds. The number of ether oxygens (including phenoxy) is 2. The number of alkyl halides is 3. The van der Waals surface area contributed by atoms with Crippen LogP contribution in [0.4, 0.5) is 13.2 Å². The molecule has 1 N–H and O–H groups in total. The van der Waals surface area contributed by atoms with Gasteiger partial charge in [-0.3, -0.25) is 4.74 Å². The van der Waals surface area contributed by atoms with E-state index in [1.54, 1.807) is 7.11 Å². The molecule has 0 aliphatic heterocycles. The molecule has 0 unspecified atom stereocenters. The zero-order valence-electron chi connectivity index (χ0n) is 10.3. The predicted molar refractivity (Wildman–Crippen MR) is 61.4 cm³/mol. The summed E-state index contributed by atoms with van der Waals surface area (Å²) >= 11 is 0. The van der Waals surface area contributed by atoms with Gasteiger partial charge >= 0.3 is 6.36 Å². The fraction of sp³-hybridized carbons (Fsp3) is 0.500. The summed E-state index contributed by atoms with van der Waals surface area (Å²) in [7, 11) is 1.56. The molecule has 0 aliphatic rings. The molecule has 0 saturated heterocycles. The average Bonchev–Trinajstić information content (AvgIpc) is 2.33. The first kappa shape index (κ1) is 14.8. The highest BCUT2D eigenvalue weighted by Gasteiger charge is 2.28.